The topological polar surface area (TPSA) is 102 Å². The molecule has 0 fully saturated rings. The summed E-state index contributed by atoms with van der Waals surface area (Å²) >= 11 is 0. The molecule has 0 bridgehead atoms. The van der Waals surface area contributed by atoms with Gasteiger partial charge in [0.1, 0.15) is 12.1 Å². The standard InChI is InChI=1S/C23H39NO5.C2H6/c1-2-3-4-5-6-7-8-20-9-11-21(12-10-20)13-14-23(24,19-26)22(27)29-18-17-28-16-15-25;1-2/h9-12,25-26H,2-8,13-19,24H2,1H3;1-2H3. The third-order valence-corrected chi connectivity index (χ3v) is 5.09. The van der Waals surface area contributed by atoms with Gasteiger partial charge in [0, 0.05) is 0 Å². The second kappa shape index (κ2) is 19.2. The number of aryl methyl sites for hydroxylation is 2. The van der Waals surface area contributed by atoms with E-state index in [1.807, 2.05) is 13.8 Å². The van der Waals surface area contributed by atoms with Gasteiger partial charge in [-0.25, -0.2) is 4.79 Å². The molecule has 0 aliphatic carbocycles. The van der Waals surface area contributed by atoms with Crippen LogP contribution in [0.4, 0.5) is 0 Å². The van der Waals surface area contributed by atoms with Crippen LogP contribution in [0.25, 0.3) is 0 Å². The van der Waals surface area contributed by atoms with Crippen LogP contribution in [0.1, 0.15) is 76.8 Å². The van der Waals surface area contributed by atoms with Crippen LogP contribution >= 0.6 is 0 Å². The number of ether oxygens (including phenoxy) is 2. The largest absolute Gasteiger partial charge is 0.462 e. The van der Waals surface area contributed by atoms with Crippen molar-refractivity contribution in [1.29, 1.82) is 0 Å². The van der Waals surface area contributed by atoms with E-state index in [9.17, 15) is 9.90 Å². The first kappa shape index (κ1) is 29.5. The average molecular weight is 440 g/mol. The van der Waals surface area contributed by atoms with Crippen molar-refractivity contribution >= 4 is 5.97 Å². The Morgan fingerprint density at radius 2 is 1.48 bits per heavy atom. The smallest absolute Gasteiger partial charge is 0.328 e. The molecule has 1 rings (SSSR count). The average Bonchev–Trinajstić information content (AvgIpc) is 2.81. The number of nitrogens with two attached hydrogens (primary N) is 1. The minimum atomic E-state index is -1.42. The van der Waals surface area contributed by atoms with Gasteiger partial charge in [0.2, 0.25) is 0 Å². The van der Waals surface area contributed by atoms with E-state index in [-0.39, 0.29) is 26.4 Å². The fraction of sp³-hybridized carbons (Fsp3) is 0.720. The lowest BCUT2D eigenvalue weighted by Gasteiger charge is -2.25. The van der Waals surface area contributed by atoms with Crippen molar-refractivity contribution in [1.82, 2.24) is 0 Å². The van der Waals surface area contributed by atoms with Crippen molar-refractivity contribution in [2.75, 3.05) is 33.0 Å². The molecule has 0 amide bonds. The minimum absolute atomic E-state index is 0.0466. The SMILES string of the molecule is CC.CCCCCCCCc1ccc(CCC(N)(CO)C(=O)OCCOCCO)cc1. The Balaban J connectivity index is 0.00000436. The zero-order valence-electron chi connectivity index (χ0n) is 19.9. The molecule has 0 saturated carbocycles. The summed E-state index contributed by atoms with van der Waals surface area (Å²) in [4.78, 5) is 12.2. The van der Waals surface area contributed by atoms with Gasteiger partial charge in [-0.2, -0.15) is 0 Å². The highest BCUT2D eigenvalue weighted by Crippen LogP contribution is 2.16. The van der Waals surface area contributed by atoms with Gasteiger partial charge in [0.05, 0.1) is 26.4 Å². The summed E-state index contributed by atoms with van der Waals surface area (Å²) in [6.45, 7) is 6.11. The molecule has 31 heavy (non-hydrogen) atoms. The molecule has 0 aliphatic rings. The van der Waals surface area contributed by atoms with Gasteiger partial charge in [0.25, 0.3) is 0 Å². The van der Waals surface area contributed by atoms with Crippen LogP contribution in [0, 0.1) is 0 Å². The number of hydrogen-bond acceptors (Lipinski definition) is 6. The number of carbonyl (C=O) groups is 1. The molecule has 1 aromatic rings. The Bertz CT molecular complexity index is 549. The lowest BCUT2D eigenvalue weighted by atomic mass is 9.92. The molecule has 1 unspecified atom stereocenters. The maximum absolute atomic E-state index is 12.2. The Morgan fingerprint density at radius 3 is 2.06 bits per heavy atom. The fourth-order valence-electron chi connectivity index (χ4n) is 3.10. The molecule has 1 aromatic carbocycles. The molecule has 4 N–H and O–H groups in total. The van der Waals surface area contributed by atoms with Gasteiger partial charge in [-0.3, -0.25) is 0 Å². The van der Waals surface area contributed by atoms with Crippen LogP contribution in [0.2, 0.25) is 0 Å². The number of aliphatic hydroxyl groups is 2. The first-order valence-corrected chi connectivity index (χ1v) is 11.9. The van der Waals surface area contributed by atoms with Crippen molar-refractivity contribution < 1.29 is 24.5 Å². The molecule has 0 radical (unpaired) electrons. The predicted molar refractivity (Wildman–Crippen MR) is 126 cm³/mol. The van der Waals surface area contributed by atoms with E-state index < -0.39 is 18.1 Å². The maximum Gasteiger partial charge on any atom is 0.328 e. The number of hydrogen-bond donors (Lipinski definition) is 3. The highest BCUT2D eigenvalue weighted by molar-refractivity contribution is 5.80. The molecule has 0 saturated heterocycles. The number of carbonyl (C=O) groups excluding carboxylic acids is 1. The van der Waals surface area contributed by atoms with Crippen LogP contribution in [-0.4, -0.2) is 54.8 Å². The van der Waals surface area contributed by atoms with Crippen molar-refractivity contribution in [3.8, 4) is 0 Å². The van der Waals surface area contributed by atoms with Crippen LogP contribution in [0.5, 0.6) is 0 Å². The Kier molecular flexibility index (Phi) is 18.3. The zero-order valence-corrected chi connectivity index (χ0v) is 19.9. The van der Waals surface area contributed by atoms with Crippen LogP contribution in [0.3, 0.4) is 0 Å². The minimum Gasteiger partial charge on any atom is -0.462 e. The lowest BCUT2D eigenvalue weighted by molar-refractivity contribution is -0.153. The normalized spacial score (nSPS) is 12.6. The molecule has 0 spiro atoms. The second-order valence-corrected chi connectivity index (χ2v) is 7.62. The third-order valence-electron chi connectivity index (χ3n) is 5.09. The Hall–Kier alpha value is -1.47. The lowest BCUT2D eigenvalue weighted by Crippen LogP contribution is -2.52. The third kappa shape index (κ3) is 13.5. The van der Waals surface area contributed by atoms with Crippen molar-refractivity contribution in [3.63, 3.8) is 0 Å². The molecular formula is C25H45NO5. The maximum atomic E-state index is 12.2. The van der Waals surface area contributed by atoms with E-state index in [1.54, 1.807) is 0 Å². The Morgan fingerprint density at radius 1 is 0.903 bits per heavy atom. The molecule has 0 aromatic heterocycles. The van der Waals surface area contributed by atoms with Gasteiger partial charge in [-0.05, 0) is 36.8 Å². The van der Waals surface area contributed by atoms with Gasteiger partial charge in [0.15, 0.2) is 0 Å². The summed E-state index contributed by atoms with van der Waals surface area (Å²) in [5.41, 5.74) is 7.06. The summed E-state index contributed by atoms with van der Waals surface area (Å²) in [6.07, 6.45) is 9.73. The summed E-state index contributed by atoms with van der Waals surface area (Å²) in [5.74, 6) is -0.632. The van der Waals surface area contributed by atoms with Gasteiger partial charge < -0.3 is 25.4 Å². The fourth-order valence-corrected chi connectivity index (χ4v) is 3.10. The van der Waals surface area contributed by atoms with E-state index in [1.165, 1.54) is 44.1 Å². The van der Waals surface area contributed by atoms with Crippen molar-refractivity contribution in [3.05, 3.63) is 35.4 Å². The summed E-state index contributed by atoms with van der Waals surface area (Å²) in [5, 5.41) is 18.2. The predicted octanol–water partition coefficient (Wildman–Crippen LogP) is 3.79. The molecule has 6 heteroatoms. The highest BCUT2D eigenvalue weighted by atomic mass is 16.6. The number of aliphatic hydroxyl groups excluding tert-OH is 2. The van der Waals surface area contributed by atoms with Crippen LogP contribution < -0.4 is 5.73 Å². The van der Waals surface area contributed by atoms with Crippen LogP contribution in [-0.2, 0) is 27.1 Å². The van der Waals surface area contributed by atoms with E-state index in [4.69, 9.17) is 20.3 Å². The number of rotatable bonds is 17. The second-order valence-electron chi connectivity index (χ2n) is 7.62. The number of benzene rings is 1. The molecule has 1 atom stereocenters. The molecular weight excluding hydrogens is 394 g/mol. The molecule has 0 heterocycles. The number of unbranched alkanes of at least 4 members (excludes halogenated alkanes) is 5. The number of esters is 1. The zero-order chi connectivity index (χ0) is 23.4. The van der Waals surface area contributed by atoms with E-state index in [0.29, 0.717) is 12.8 Å². The first-order chi connectivity index (χ1) is 15.1. The molecule has 180 valence electrons. The van der Waals surface area contributed by atoms with Gasteiger partial charge >= 0.3 is 5.97 Å². The summed E-state index contributed by atoms with van der Waals surface area (Å²) in [6, 6.07) is 8.40. The highest BCUT2D eigenvalue weighted by Gasteiger charge is 2.34. The first-order valence-electron chi connectivity index (χ1n) is 11.9. The van der Waals surface area contributed by atoms with E-state index in [2.05, 4.69) is 31.2 Å². The molecule has 0 aliphatic heterocycles. The van der Waals surface area contributed by atoms with Gasteiger partial charge in [-0.15, -0.1) is 0 Å². The van der Waals surface area contributed by atoms with Crippen molar-refractivity contribution in [2.45, 2.75) is 84.1 Å². The van der Waals surface area contributed by atoms with E-state index >= 15 is 0 Å². The van der Waals surface area contributed by atoms with E-state index in [0.717, 1.165) is 12.0 Å². The summed E-state index contributed by atoms with van der Waals surface area (Å²) < 4.78 is 10.1. The Labute approximate surface area is 189 Å². The summed E-state index contributed by atoms with van der Waals surface area (Å²) in [7, 11) is 0. The van der Waals surface area contributed by atoms with Gasteiger partial charge in [-0.1, -0.05) is 77.1 Å². The van der Waals surface area contributed by atoms with Crippen molar-refractivity contribution in [2.24, 2.45) is 5.73 Å². The quantitative estimate of drug-likeness (QED) is 0.252. The van der Waals surface area contributed by atoms with Crippen LogP contribution in [0.15, 0.2) is 24.3 Å². The molecule has 6 nitrogen and oxygen atoms in total. The monoisotopic (exact) mass is 439 g/mol.